The topological polar surface area (TPSA) is 35.5 Å². The Bertz CT molecular complexity index is 777. The van der Waals surface area contributed by atoms with E-state index in [1.165, 1.54) is 7.11 Å². The maximum Gasteiger partial charge on any atom is 0.391 e. The standard InChI is InChI=1S/C20H21F3O3/c1-25-19(24)11-13-2-3-15-12-18(7-4-14(15)10-13)26-17-8-5-16(6-9-17)20(21,22)23/h2-4,7,10,12,16-17H,5-6,8-9,11H2,1H3/t16-,17+. The van der Waals surface area contributed by atoms with E-state index in [9.17, 15) is 18.0 Å². The zero-order valence-corrected chi connectivity index (χ0v) is 14.5. The van der Waals surface area contributed by atoms with E-state index in [2.05, 4.69) is 4.74 Å². The number of esters is 1. The minimum absolute atomic E-state index is 0.124. The van der Waals surface area contributed by atoms with Gasteiger partial charge < -0.3 is 9.47 Å². The van der Waals surface area contributed by atoms with Gasteiger partial charge in [-0.25, -0.2) is 0 Å². The monoisotopic (exact) mass is 366 g/mol. The third-order valence-electron chi connectivity index (χ3n) is 4.89. The molecule has 2 aromatic carbocycles. The van der Waals surface area contributed by atoms with Gasteiger partial charge in [-0.2, -0.15) is 13.2 Å². The summed E-state index contributed by atoms with van der Waals surface area (Å²) in [6, 6.07) is 11.3. The normalized spacial score (nSPS) is 20.8. The lowest BCUT2D eigenvalue weighted by Crippen LogP contribution is -2.31. The van der Waals surface area contributed by atoms with Crippen molar-refractivity contribution < 1.29 is 27.4 Å². The highest BCUT2D eigenvalue weighted by Crippen LogP contribution is 2.38. The molecular formula is C20H21F3O3. The number of fused-ring (bicyclic) bond motifs is 1. The van der Waals surface area contributed by atoms with E-state index in [1.54, 1.807) is 0 Å². The van der Waals surface area contributed by atoms with Crippen LogP contribution in [0.5, 0.6) is 5.75 Å². The average molecular weight is 366 g/mol. The molecule has 0 heterocycles. The first-order valence-electron chi connectivity index (χ1n) is 8.68. The number of carbonyl (C=O) groups excluding carboxylic acids is 1. The second kappa shape index (κ2) is 7.56. The first-order chi connectivity index (χ1) is 12.3. The van der Waals surface area contributed by atoms with E-state index in [0.717, 1.165) is 16.3 Å². The first kappa shape index (κ1) is 18.5. The molecule has 0 amide bonds. The van der Waals surface area contributed by atoms with Crippen molar-refractivity contribution in [1.82, 2.24) is 0 Å². The predicted octanol–water partition coefficient (Wildman–Crippen LogP) is 5.06. The van der Waals surface area contributed by atoms with Crippen molar-refractivity contribution in [3.05, 3.63) is 42.0 Å². The van der Waals surface area contributed by atoms with Gasteiger partial charge in [-0.1, -0.05) is 24.3 Å². The molecule has 0 aromatic heterocycles. The van der Waals surface area contributed by atoms with Gasteiger partial charge >= 0.3 is 12.1 Å². The molecule has 3 nitrogen and oxygen atoms in total. The summed E-state index contributed by atoms with van der Waals surface area (Å²) in [5.74, 6) is -0.834. The fourth-order valence-corrected chi connectivity index (χ4v) is 3.40. The smallest absolute Gasteiger partial charge is 0.391 e. The van der Waals surface area contributed by atoms with Crippen LogP contribution >= 0.6 is 0 Å². The van der Waals surface area contributed by atoms with Crippen molar-refractivity contribution in [2.75, 3.05) is 7.11 Å². The third-order valence-corrected chi connectivity index (χ3v) is 4.89. The SMILES string of the molecule is COC(=O)Cc1ccc2cc(O[C@H]3CC[C@@H](C(F)(F)F)CC3)ccc2c1. The van der Waals surface area contributed by atoms with Crippen LogP contribution in [-0.4, -0.2) is 25.4 Å². The molecule has 0 N–H and O–H groups in total. The number of halogens is 3. The Morgan fingerprint density at radius 3 is 2.35 bits per heavy atom. The van der Waals surface area contributed by atoms with Crippen molar-refractivity contribution in [3.8, 4) is 5.75 Å². The van der Waals surface area contributed by atoms with Crippen LogP contribution in [0.2, 0.25) is 0 Å². The molecule has 1 fully saturated rings. The summed E-state index contributed by atoms with van der Waals surface area (Å²) >= 11 is 0. The third kappa shape index (κ3) is 4.48. The second-order valence-electron chi connectivity index (χ2n) is 6.73. The molecule has 3 rings (SSSR count). The number of rotatable bonds is 4. The van der Waals surface area contributed by atoms with Crippen molar-refractivity contribution in [1.29, 1.82) is 0 Å². The Morgan fingerprint density at radius 2 is 1.69 bits per heavy atom. The van der Waals surface area contributed by atoms with Crippen LogP contribution in [0, 0.1) is 5.92 Å². The summed E-state index contributed by atoms with van der Waals surface area (Å²) in [6.07, 6.45) is -2.98. The quantitative estimate of drug-likeness (QED) is 0.710. The van der Waals surface area contributed by atoms with Crippen molar-refractivity contribution in [2.24, 2.45) is 5.92 Å². The molecule has 140 valence electrons. The van der Waals surface area contributed by atoms with Crippen LogP contribution in [0.3, 0.4) is 0 Å². The van der Waals surface area contributed by atoms with Crippen LogP contribution < -0.4 is 4.74 Å². The molecule has 1 aliphatic rings. The highest BCUT2D eigenvalue weighted by Gasteiger charge is 2.41. The van der Waals surface area contributed by atoms with Gasteiger partial charge in [0.25, 0.3) is 0 Å². The molecule has 0 bridgehead atoms. The number of benzene rings is 2. The zero-order valence-electron chi connectivity index (χ0n) is 14.5. The first-order valence-corrected chi connectivity index (χ1v) is 8.68. The molecule has 6 heteroatoms. The Kier molecular flexibility index (Phi) is 5.39. The summed E-state index contributed by atoms with van der Waals surface area (Å²) in [5.41, 5.74) is 0.864. The maximum absolute atomic E-state index is 12.7. The lowest BCUT2D eigenvalue weighted by Gasteiger charge is -2.30. The molecule has 1 saturated carbocycles. The molecule has 0 unspecified atom stereocenters. The Labute approximate surface area is 150 Å². The second-order valence-corrected chi connectivity index (χ2v) is 6.73. The van der Waals surface area contributed by atoms with Gasteiger partial charge in [-0.15, -0.1) is 0 Å². The van der Waals surface area contributed by atoms with Gasteiger partial charge in [-0.3, -0.25) is 4.79 Å². The zero-order chi connectivity index (χ0) is 18.7. The van der Waals surface area contributed by atoms with Crippen LogP contribution in [0.25, 0.3) is 10.8 Å². The van der Waals surface area contributed by atoms with E-state index in [0.29, 0.717) is 18.6 Å². The fraction of sp³-hybridized carbons (Fsp3) is 0.450. The van der Waals surface area contributed by atoms with Crippen molar-refractivity contribution >= 4 is 16.7 Å². The van der Waals surface area contributed by atoms with Crippen molar-refractivity contribution in [2.45, 2.75) is 44.4 Å². The Balaban J connectivity index is 1.64. The molecule has 0 saturated heterocycles. The van der Waals surface area contributed by atoms with Crippen LogP contribution in [-0.2, 0) is 16.0 Å². The molecule has 26 heavy (non-hydrogen) atoms. The largest absolute Gasteiger partial charge is 0.490 e. The summed E-state index contributed by atoms with van der Waals surface area (Å²) in [5, 5.41) is 1.93. The van der Waals surface area contributed by atoms with E-state index in [-0.39, 0.29) is 31.3 Å². The molecular weight excluding hydrogens is 345 g/mol. The predicted molar refractivity (Wildman–Crippen MR) is 92.1 cm³/mol. The van der Waals surface area contributed by atoms with Gasteiger partial charge in [0.05, 0.1) is 25.6 Å². The van der Waals surface area contributed by atoms with Gasteiger partial charge in [0.1, 0.15) is 5.75 Å². The van der Waals surface area contributed by atoms with E-state index in [4.69, 9.17) is 4.74 Å². The number of hydrogen-bond acceptors (Lipinski definition) is 3. The van der Waals surface area contributed by atoms with Crippen LogP contribution in [0.4, 0.5) is 13.2 Å². The molecule has 0 spiro atoms. The number of ether oxygens (including phenoxy) is 2. The highest BCUT2D eigenvalue weighted by atomic mass is 19.4. The van der Waals surface area contributed by atoms with E-state index < -0.39 is 12.1 Å². The van der Waals surface area contributed by atoms with Gasteiger partial charge in [0, 0.05) is 0 Å². The van der Waals surface area contributed by atoms with E-state index in [1.807, 2.05) is 36.4 Å². The molecule has 0 radical (unpaired) electrons. The summed E-state index contributed by atoms with van der Waals surface area (Å²) in [4.78, 5) is 11.4. The Hall–Kier alpha value is -2.24. The average Bonchev–Trinajstić information content (AvgIpc) is 2.61. The fourth-order valence-electron chi connectivity index (χ4n) is 3.40. The number of carbonyl (C=O) groups is 1. The Morgan fingerprint density at radius 1 is 1.04 bits per heavy atom. The maximum atomic E-state index is 12.7. The molecule has 2 aromatic rings. The lowest BCUT2D eigenvalue weighted by molar-refractivity contribution is -0.185. The van der Waals surface area contributed by atoms with Gasteiger partial charge in [-0.05, 0) is 54.2 Å². The van der Waals surface area contributed by atoms with Gasteiger partial charge in [0.15, 0.2) is 0 Å². The minimum Gasteiger partial charge on any atom is -0.490 e. The summed E-state index contributed by atoms with van der Waals surface area (Å²) in [6.45, 7) is 0. The lowest BCUT2D eigenvalue weighted by atomic mass is 9.87. The molecule has 0 aliphatic heterocycles. The highest BCUT2D eigenvalue weighted by molar-refractivity contribution is 5.85. The molecule has 0 atom stereocenters. The van der Waals surface area contributed by atoms with Crippen LogP contribution in [0.15, 0.2) is 36.4 Å². The summed E-state index contributed by atoms with van der Waals surface area (Å²) in [7, 11) is 1.36. The van der Waals surface area contributed by atoms with Crippen molar-refractivity contribution in [3.63, 3.8) is 0 Å². The summed E-state index contributed by atoms with van der Waals surface area (Å²) < 4.78 is 48.8. The number of hydrogen-bond donors (Lipinski definition) is 0. The minimum atomic E-state index is -4.10. The van der Waals surface area contributed by atoms with Crippen LogP contribution in [0.1, 0.15) is 31.2 Å². The number of methoxy groups -OCH3 is 1. The molecule has 1 aliphatic carbocycles. The van der Waals surface area contributed by atoms with E-state index >= 15 is 0 Å². The number of alkyl halides is 3. The van der Waals surface area contributed by atoms with Gasteiger partial charge in [0.2, 0.25) is 0 Å².